The number of hydrogen-bond acceptors (Lipinski definition) is 5. The highest BCUT2D eigenvalue weighted by molar-refractivity contribution is 5.88. The van der Waals surface area contributed by atoms with E-state index in [0.717, 1.165) is 38.5 Å². The van der Waals surface area contributed by atoms with Crippen LogP contribution in [0.2, 0.25) is 0 Å². The second kappa shape index (κ2) is 6.55. The summed E-state index contributed by atoms with van der Waals surface area (Å²) in [6.07, 6.45) is 5.87. The molecule has 2 aliphatic carbocycles. The number of rotatable bonds is 6. The number of nitrogens with zero attached hydrogens (tertiary/aromatic N) is 2. The van der Waals surface area contributed by atoms with E-state index in [4.69, 9.17) is 9.63 Å². The third-order valence-electron chi connectivity index (χ3n) is 5.17. The fourth-order valence-corrected chi connectivity index (χ4v) is 3.62. The summed E-state index contributed by atoms with van der Waals surface area (Å²) in [6.45, 7) is 0. The molecule has 1 heterocycles. The summed E-state index contributed by atoms with van der Waals surface area (Å²) in [4.78, 5) is 28.3. The van der Waals surface area contributed by atoms with Crippen LogP contribution in [0.4, 0.5) is 0 Å². The standard InChI is InChI=1S/C19H21N3O4/c23-15(11-12-4-3-5-14(10-12)17(24)25)21-19(8-1-2-9-19)18-20-16(26-22-18)13-6-7-13/h3-5,10,13H,1-2,6-9,11H2,(H,21,23)(H,24,25). The summed E-state index contributed by atoms with van der Waals surface area (Å²) < 4.78 is 5.39. The molecule has 0 radical (unpaired) electrons. The smallest absolute Gasteiger partial charge is 0.335 e. The molecular formula is C19H21N3O4. The van der Waals surface area contributed by atoms with Crippen LogP contribution in [0.5, 0.6) is 0 Å². The summed E-state index contributed by atoms with van der Waals surface area (Å²) in [5.41, 5.74) is 0.276. The summed E-state index contributed by atoms with van der Waals surface area (Å²) in [7, 11) is 0. The lowest BCUT2D eigenvalue weighted by Crippen LogP contribution is -2.45. The topological polar surface area (TPSA) is 105 Å². The van der Waals surface area contributed by atoms with Gasteiger partial charge in [0.25, 0.3) is 0 Å². The molecule has 2 aromatic rings. The Morgan fingerprint density at radius 1 is 1.27 bits per heavy atom. The Balaban J connectivity index is 1.50. The van der Waals surface area contributed by atoms with Crippen molar-refractivity contribution in [3.05, 3.63) is 47.1 Å². The van der Waals surface area contributed by atoms with Crippen molar-refractivity contribution < 1.29 is 19.2 Å². The predicted molar refractivity (Wildman–Crippen MR) is 91.7 cm³/mol. The molecule has 2 N–H and O–H groups in total. The molecule has 7 nitrogen and oxygen atoms in total. The van der Waals surface area contributed by atoms with Crippen molar-refractivity contribution in [3.8, 4) is 0 Å². The van der Waals surface area contributed by atoms with Crippen molar-refractivity contribution in [1.29, 1.82) is 0 Å². The van der Waals surface area contributed by atoms with Crippen LogP contribution in [0, 0.1) is 0 Å². The van der Waals surface area contributed by atoms with Gasteiger partial charge in [0.15, 0.2) is 5.82 Å². The first-order chi connectivity index (χ1) is 12.6. The van der Waals surface area contributed by atoms with Gasteiger partial charge in [-0.05, 0) is 43.4 Å². The fourth-order valence-electron chi connectivity index (χ4n) is 3.62. The first kappa shape index (κ1) is 16.8. The highest BCUT2D eigenvalue weighted by Gasteiger charge is 2.42. The third-order valence-corrected chi connectivity index (χ3v) is 5.17. The first-order valence-electron chi connectivity index (χ1n) is 9.03. The summed E-state index contributed by atoms with van der Waals surface area (Å²) in [6, 6.07) is 6.45. The quantitative estimate of drug-likeness (QED) is 0.825. The monoisotopic (exact) mass is 355 g/mol. The molecule has 2 fully saturated rings. The molecule has 2 saturated carbocycles. The van der Waals surface area contributed by atoms with Crippen LogP contribution in [0.15, 0.2) is 28.8 Å². The largest absolute Gasteiger partial charge is 0.478 e. The van der Waals surface area contributed by atoms with E-state index >= 15 is 0 Å². The van der Waals surface area contributed by atoms with E-state index in [1.165, 1.54) is 12.1 Å². The van der Waals surface area contributed by atoms with Crippen LogP contribution in [-0.2, 0) is 16.8 Å². The zero-order valence-electron chi connectivity index (χ0n) is 14.4. The number of aromatic carboxylic acids is 1. The zero-order valence-corrected chi connectivity index (χ0v) is 14.4. The molecule has 26 heavy (non-hydrogen) atoms. The minimum Gasteiger partial charge on any atom is -0.478 e. The van der Waals surface area contributed by atoms with Gasteiger partial charge >= 0.3 is 5.97 Å². The number of carboxylic acid groups (broad SMARTS) is 1. The van der Waals surface area contributed by atoms with E-state index in [1.54, 1.807) is 12.1 Å². The van der Waals surface area contributed by atoms with Crippen molar-refractivity contribution >= 4 is 11.9 Å². The lowest BCUT2D eigenvalue weighted by Gasteiger charge is -2.26. The van der Waals surface area contributed by atoms with Crippen LogP contribution in [0.25, 0.3) is 0 Å². The van der Waals surface area contributed by atoms with Gasteiger partial charge in [0.1, 0.15) is 5.54 Å². The molecule has 1 aromatic carbocycles. The van der Waals surface area contributed by atoms with Gasteiger partial charge in [-0.25, -0.2) is 4.79 Å². The lowest BCUT2D eigenvalue weighted by molar-refractivity contribution is -0.122. The average Bonchev–Trinajstić information content (AvgIpc) is 3.15. The van der Waals surface area contributed by atoms with Crippen LogP contribution >= 0.6 is 0 Å². The summed E-state index contributed by atoms with van der Waals surface area (Å²) in [5.74, 6) is 0.467. The van der Waals surface area contributed by atoms with Crippen LogP contribution in [0.1, 0.15) is 72.1 Å². The van der Waals surface area contributed by atoms with Crippen molar-refractivity contribution in [3.63, 3.8) is 0 Å². The molecule has 7 heteroatoms. The normalized spacial score (nSPS) is 18.6. The van der Waals surface area contributed by atoms with Crippen LogP contribution in [0.3, 0.4) is 0 Å². The van der Waals surface area contributed by atoms with Gasteiger partial charge in [-0.15, -0.1) is 0 Å². The molecule has 0 unspecified atom stereocenters. The van der Waals surface area contributed by atoms with Gasteiger partial charge in [-0.1, -0.05) is 30.1 Å². The molecule has 0 saturated heterocycles. The number of carboxylic acids is 1. The molecular weight excluding hydrogens is 334 g/mol. The molecule has 2 aliphatic rings. The van der Waals surface area contributed by atoms with Crippen molar-refractivity contribution in [2.24, 2.45) is 0 Å². The van der Waals surface area contributed by atoms with E-state index in [1.807, 2.05) is 0 Å². The number of benzene rings is 1. The van der Waals surface area contributed by atoms with Crippen molar-refractivity contribution in [2.75, 3.05) is 0 Å². The maximum absolute atomic E-state index is 12.6. The van der Waals surface area contributed by atoms with E-state index in [2.05, 4.69) is 15.5 Å². The van der Waals surface area contributed by atoms with Crippen LogP contribution < -0.4 is 5.32 Å². The Bertz CT molecular complexity index is 835. The van der Waals surface area contributed by atoms with Gasteiger partial charge < -0.3 is 14.9 Å². The van der Waals surface area contributed by atoms with Gasteiger partial charge in [0.2, 0.25) is 11.8 Å². The van der Waals surface area contributed by atoms with Crippen molar-refractivity contribution in [2.45, 2.75) is 56.4 Å². The SMILES string of the molecule is O=C(Cc1cccc(C(=O)O)c1)NC1(c2noc(C3CC3)n2)CCCC1. The molecule has 0 bridgehead atoms. The van der Waals surface area contributed by atoms with Gasteiger partial charge in [0, 0.05) is 5.92 Å². The maximum atomic E-state index is 12.6. The van der Waals surface area contributed by atoms with Gasteiger partial charge in [-0.2, -0.15) is 4.98 Å². The third kappa shape index (κ3) is 3.34. The second-order valence-corrected chi connectivity index (χ2v) is 7.25. The molecule has 0 spiro atoms. The van der Waals surface area contributed by atoms with Crippen molar-refractivity contribution in [1.82, 2.24) is 15.5 Å². The Morgan fingerprint density at radius 3 is 2.73 bits per heavy atom. The van der Waals surface area contributed by atoms with E-state index < -0.39 is 11.5 Å². The Labute approximate surface area is 150 Å². The van der Waals surface area contributed by atoms with E-state index in [-0.39, 0.29) is 17.9 Å². The summed E-state index contributed by atoms with van der Waals surface area (Å²) >= 11 is 0. The lowest BCUT2D eigenvalue weighted by atomic mass is 9.95. The Kier molecular flexibility index (Phi) is 4.22. The molecule has 0 aliphatic heterocycles. The number of nitrogens with one attached hydrogen (secondary N) is 1. The minimum atomic E-state index is -1.00. The van der Waals surface area contributed by atoms with Gasteiger partial charge in [0.05, 0.1) is 12.0 Å². The summed E-state index contributed by atoms with van der Waals surface area (Å²) in [5, 5.41) is 16.3. The molecule has 4 rings (SSSR count). The fraction of sp³-hybridized carbons (Fsp3) is 0.474. The molecule has 1 aromatic heterocycles. The first-order valence-corrected chi connectivity index (χ1v) is 9.03. The molecule has 1 amide bonds. The average molecular weight is 355 g/mol. The minimum absolute atomic E-state index is 0.121. The highest BCUT2D eigenvalue weighted by Crippen LogP contribution is 2.42. The number of amides is 1. The molecule has 136 valence electrons. The Morgan fingerprint density at radius 2 is 2.04 bits per heavy atom. The second-order valence-electron chi connectivity index (χ2n) is 7.25. The Hall–Kier alpha value is -2.70. The highest BCUT2D eigenvalue weighted by atomic mass is 16.5. The number of hydrogen-bond donors (Lipinski definition) is 2. The zero-order chi connectivity index (χ0) is 18.1. The number of carbonyl (C=O) groups is 2. The van der Waals surface area contributed by atoms with E-state index in [9.17, 15) is 9.59 Å². The maximum Gasteiger partial charge on any atom is 0.335 e. The number of aromatic nitrogens is 2. The van der Waals surface area contributed by atoms with E-state index in [0.29, 0.717) is 23.2 Å². The van der Waals surface area contributed by atoms with Gasteiger partial charge in [-0.3, -0.25) is 4.79 Å². The predicted octanol–water partition coefficient (Wildman–Crippen LogP) is 2.77. The number of carbonyl (C=O) groups excluding carboxylic acids is 1. The van der Waals surface area contributed by atoms with Crippen LogP contribution in [-0.4, -0.2) is 27.1 Å². The molecule has 0 atom stereocenters.